The molecular weight excluding hydrogens is 382 g/mol. The average Bonchev–Trinajstić information content (AvgIpc) is 3.37. The fraction of sp³-hybridized carbons (Fsp3) is 0.583. The Balaban J connectivity index is 1.59. The standard InChI is InChI=1S/C24H29NO5/c1-14-10-23-12-24(14,29)8-7-17(23)16-5-6-18(27)22(2,13-26)19(16)20(23)21(28)25-11-15-4-3-9-30-15/h3-5,9,13,17-20,27,29H,1,6-8,10-12H2,2H3,(H,25,28). The van der Waals surface area contributed by atoms with Gasteiger partial charge in [-0.05, 0) is 68.1 Å². The molecule has 2 bridgehead atoms. The zero-order valence-electron chi connectivity index (χ0n) is 17.3. The van der Waals surface area contributed by atoms with Crippen LogP contribution in [-0.4, -0.2) is 34.1 Å². The maximum atomic E-state index is 13.7. The molecule has 5 rings (SSSR count). The summed E-state index contributed by atoms with van der Waals surface area (Å²) in [5.74, 6) is -0.267. The number of aliphatic hydroxyl groups is 2. The third-order valence-corrected chi connectivity index (χ3v) is 8.60. The summed E-state index contributed by atoms with van der Waals surface area (Å²) in [6.45, 7) is 6.20. The molecule has 3 fully saturated rings. The first-order valence-corrected chi connectivity index (χ1v) is 10.8. The van der Waals surface area contributed by atoms with Crippen molar-refractivity contribution in [1.82, 2.24) is 5.32 Å². The second-order valence-electron chi connectivity index (χ2n) is 10.0. The number of nitrogens with one attached hydrogen (secondary N) is 1. The third-order valence-electron chi connectivity index (χ3n) is 8.60. The number of hydrogen-bond donors (Lipinski definition) is 3. The van der Waals surface area contributed by atoms with Crippen LogP contribution in [0.5, 0.6) is 0 Å². The molecule has 1 amide bonds. The molecule has 0 aliphatic heterocycles. The van der Waals surface area contributed by atoms with Crippen LogP contribution in [0.4, 0.5) is 0 Å². The van der Waals surface area contributed by atoms with Crippen LogP contribution >= 0.6 is 0 Å². The molecule has 1 aromatic rings. The van der Waals surface area contributed by atoms with E-state index >= 15 is 0 Å². The van der Waals surface area contributed by atoms with Gasteiger partial charge < -0.3 is 24.7 Å². The third kappa shape index (κ3) is 2.44. The van der Waals surface area contributed by atoms with Crippen LogP contribution in [-0.2, 0) is 16.1 Å². The summed E-state index contributed by atoms with van der Waals surface area (Å²) in [7, 11) is 0. The fourth-order valence-electron chi connectivity index (χ4n) is 7.11. The van der Waals surface area contributed by atoms with E-state index < -0.39 is 28.5 Å². The highest BCUT2D eigenvalue weighted by atomic mass is 16.3. The molecule has 6 heteroatoms. The van der Waals surface area contributed by atoms with E-state index in [0.29, 0.717) is 31.4 Å². The Labute approximate surface area is 176 Å². The first-order chi connectivity index (χ1) is 14.2. The van der Waals surface area contributed by atoms with E-state index in [0.717, 1.165) is 23.9 Å². The van der Waals surface area contributed by atoms with Gasteiger partial charge in [0.15, 0.2) is 0 Å². The Morgan fingerprint density at radius 1 is 1.47 bits per heavy atom. The quantitative estimate of drug-likeness (QED) is 0.522. The van der Waals surface area contributed by atoms with Gasteiger partial charge >= 0.3 is 0 Å². The maximum absolute atomic E-state index is 13.7. The molecule has 4 aliphatic carbocycles. The smallest absolute Gasteiger partial charge is 0.224 e. The Morgan fingerprint density at radius 3 is 2.97 bits per heavy atom. The molecule has 0 aromatic carbocycles. The Morgan fingerprint density at radius 2 is 2.27 bits per heavy atom. The van der Waals surface area contributed by atoms with Gasteiger partial charge in [0.05, 0.1) is 35.8 Å². The SMILES string of the molecule is C=C1CC23CC1(O)CCC2C1=CCC(O)C(C)(C=O)C1C3C(=O)NCc1ccco1. The average molecular weight is 411 g/mol. The summed E-state index contributed by atoms with van der Waals surface area (Å²) >= 11 is 0. The molecule has 1 heterocycles. The van der Waals surface area contributed by atoms with Gasteiger partial charge in [0.2, 0.25) is 5.91 Å². The number of furan rings is 1. The minimum Gasteiger partial charge on any atom is -0.467 e. The molecule has 7 atom stereocenters. The number of fused-ring (bicyclic) bond motifs is 3. The summed E-state index contributed by atoms with van der Waals surface area (Å²) in [6.07, 6.45) is 6.50. The zero-order valence-corrected chi connectivity index (χ0v) is 17.3. The molecule has 3 N–H and O–H groups in total. The predicted octanol–water partition coefficient (Wildman–Crippen LogP) is 2.52. The van der Waals surface area contributed by atoms with Crippen molar-refractivity contribution in [3.63, 3.8) is 0 Å². The highest BCUT2D eigenvalue weighted by molar-refractivity contribution is 5.83. The Kier molecular flexibility index (Phi) is 4.22. The van der Waals surface area contributed by atoms with Crippen LogP contribution in [0, 0.1) is 28.6 Å². The number of amides is 1. The van der Waals surface area contributed by atoms with Crippen molar-refractivity contribution in [3.05, 3.63) is 48.0 Å². The van der Waals surface area contributed by atoms with Crippen molar-refractivity contribution in [1.29, 1.82) is 0 Å². The van der Waals surface area contributed by atoms with Crippen molar-refractivity contribution in [3.8, 4) is 0 Å². The molecule has 6 nitrogen and oxygen atoms in total. The number of rotatable bonds is 4. The lowest BCUT2D eigenvalue weighted by molar-refractivity contribution is -0.139. The molecule has 0 saturated heterocycles. The van der Waals surface area contributed by atoms with Crippen LogP contribution in [0.2, 0.25) is 0 Å². The van der Waals surface area contributed by atoms with Gasteiger partial charge in [0.1, 0.15) is 12.0 Å². The van der Waals surface area contributed by atoms with Crippen molar-refractivity contribution in [2.45, 2.75) is 57.3 Å². The van der Waals surface area contributed by atoms with E-state index in [1.807, 2.05) is 0 Å². The predicted molar refractivity (Wildman–Crippen MR) is 109 cm³/mol. The fourth-order valence-corrected chi connectivity index (χ4v) is 7.11. The minimum absolute atomic E-state index is 0.119. The van der Waals surface area contributed by atoms with Crippen LogP contribution in [0.3, 0.4) is 0 Å². The van der Waals surface area contributed by atoms with Gasteiger partial charge in [-0.3, -0.25) is 4.79 Å². The summed E-state index contributed by atoms with van der Waals surface area (Å²) < 4.78 is 5.36. The van der Waals surface area contributed by atoms with Crippen molar-refractivity contribution >= 4 is 12.2 Å². The minimum atomic E-state index is -1.04. The van der Waals surface area contributed by atoms with Crippen LogP contribution in [0.25, 0.3) is 0 Å². The molecular formula is C24H29NO5. The van der Waals surface area contributed by atoms with Crippen LogP contribution in [0.1, 0.15) is 44.8 Å². The first-order valence-electron chi connectivity index (χ1n) is 10.8. The molecule has 3 saturated carbocycles. The number of aliphatic hydroxyl groups excluding tert-OH is 1. The van der Waals surface area contributed by atoms with Gasteiger partial charge in [0.25, 0.3) is 0 Å². The highest BCUT2D eigenvalue weighted by Gasteiger charge is 2.71. The van der Waals surface area contributed by atoms with Gasteiger partial charge in [-0.25, -0.2) is 0 Å². The lowest BCUT2D eigenvalue weighted by Gasteiger charge is -2.43. The van der Waals surface area contributed by atoms with E-state index in [2.05, 4.69) is 18.0 Å². The topological polar surface area (TPSA) is 99.8 Å². The maximum Gasteiger partial charge on any atom is 0.224 e. The van der Waals surface area contributed by atoms with E-state index in [1.165, 1.54) is 0 Å². The molecule has 1 aromatic heterocycles. The van der Waals surface area contributed by atoms with Crippen molar-refractivity contribution in [2.24, 2.45) is 28.6 Å². The summed E-state index contributed by atoms with van der Waals surface area (Å²) in [5.41, 5.74) is -0.542. The molecule has 160 valence electrons. The van der Waals surface area contributed by atoms with Gasteiger partial charge in [-0.1, -0.05) is 18.2 Å². The van der Waals surface area contributed by atoms with E-state index in [1.54, 1.807) is 25.3 Å². The molecule has 7 unspecified atom stereocenters. The van der Waals surface area contributed by atoms with Gasteiger partial charge in [0, 0.05) is 5.92 Å². The Hall–Kier alpha value is -2.18. The van der Waals surface area contributed by atoms with Crippen LogP contribution < -0.4 is 5.32 Å². The number of carbonyl (C=O) groups excluding carboxylic acids is 2. The Bertz CT molecular complexity index is 935. The van der Waals surface area contributed by atoms with Gasteiger partial charge in [-0.2, -0.15) is 0 Å². The highest BCUT2D eigenvalue weighted by Crippen LogP contribution is 2.72. The summed E-state index contributed by atoms with van der Waals surface area (Å²) in [4.78, 5) is 25.9. The lowest BCUT2D eigenvalue weighted by Crippen LogP contribution is -2.51. The largest absolute Gasteiger partial charge is 0.467 e. The van der Waals surface area contributed by atoms with Crippen LogP contribution in [0.15, 0.2) is 46.6 Å². The molecule has 1 spiro atoms. The zero-order chi connectivity index (χ0) is 21.3. The first kappa shape index (κ1) is 19.8. The van der Waals surface area contributed by atoms with E-state index in [-0.39, 0.29) is 24.3 Å². The monoisotopic (exact) mass is 411 g/mol. The molecule has 30 heavy (non-hydrogen) atoms. The number of aldehydes is 1. The second kappa shape index (κ2) is 6.41. The molecule has 0 radical (unpaired) electrons. The van der Waals surface area contributed by atoms with E-state index in [9.17, 15) is 19.8 Å². The number of carbonyl (C=O) groups is 2. The summed E-state index contributed by atoms with van der Waals surface area (Å²) in [6, 6.07) is 3.58. The number of hydrogen-bond acceptors (Lipinski definition) is 5. The number of allylic oxidation sites excluding steroid dienone is 1. The normalized spacial score (nSPS) is 44.2. The van der Waals surface area contributed by atoms with Gasteiger partial charge in [-0.15, -0.1) is 0 Å². The van der Waals surface area contributed by atoms with Crippen molar-refractivity contribution in [2.75, 3.05) is 0 Å². The van der Waals surface area contributed by atoms with E-state index in [4.69, 9.17) is 4.42 Å². The van der Waals surface area contributed by atoms with Crippen molar-refractivity contribution < 1.29 is 24.2 Å². The molecule has 4 aliphatic rings. The summed E-state index contributed by atoms with van der Waals surface area (Å²) in [5, 5.41) is 25.0. The second-order valence-corrected chi connectivity index (χ2v) is 10.0. The lowest BCUT2D eigenvalue weighted by atomic mass is 9.60.